The molecule has 0 saturated heterocycles. The molecule has 20 heavy (non-hydrogen) atoms. The number of aromatic nitrogens is 1. The van der Waals surface area contributed by atoms with E-state index in [1.165, 1.54) is 6.26 Å². The molecule has 2 rings (SSSR count). The van der Waals surface area contributed by atoms with E-state index in [0.29, 0.717) is 6.54 Å². The van der Waals surface area contributed by atoms with Crippen LogP contribution in [0.15, 0.2) is 36.5 Å². The summed E-state index contributed by atoms with van der Waals surface area (Å²) in [6, 6.07) is 9.59. The van der Waals surface area contributed by atoms with Crippen molar-refractivity contribution in [3.8, 4) is 0 Å². The van der Waals surface area contributed by atoms with Gasteiger partial charge in [-0.25, -0.2) is 8.42 Å². The van der Waals surface area contributed by atoms with E-state index in [2.05, 4.69) is 10.3 Å². The topological polar surface area (TPSA) is 59.1 Å². The second-order valence-corrected chi connectivity index (χ2v) is 7.43. The normalized spacial score (nSPS) is 15.2. The monoisotopic (exact) mass is 292 g/mol. The van der Waals surface area contributed by atoms with Crippen molar-refractivity contribution in [3.63, 3.8) is 0 Å². The Labute approximate surface area is 120 Å². The first-order valence-corrected chi connectivity index (χ1v) is 8.66. The average molecular weight is 292 g/mol. The first kappa shape index (κ1) is 14.9. The summed E-state index contributed by atoms with van der Waals surface area (Å²) in [6.07, 6.45) is 3.04. The van der Waals surface area contributed by atoms with Crippen molar-refractivity contribution in [2.24, 2.45) is 0 Å². The van der Waals surface area contributed by atoms with Crippen molar-refractivity contribution < 1.29 is 8.42 Å². The molecule has 0 aliphatic heterocycles. The third-order valence-corrected chi connectivity index (χ3v) is 5.16. The van der Waals surface area contributed by atoms with Crippen molar-refractivity contribution >= 4 is 20.7 Å². The minimum atomic E-state index is -3.12. The smallest absolute Gasteiger partial charge is 0.151 e. The summed E-state index contributed by atoms with van der Waals surface area (Å²) in [5.41, 5.74) is 1.82. The second kappa shape index (κ2) is 5.89. The van der Waals surface area contributed by atoms with Gasteiger partial charge in [-0.05, 0) is 31.2 Å². The van der Waals surface area contributed by atoms with Crippen LogP contribution in [0, 0.1) is 0 Å². The fourth-order valence-electron chi connectivity index (χ4n) is 2.28. The number of sulfone groups is 1. The van der Waals surface area contributed by atoms with E-state index in [1.54, 1.807) is 13.1 Å². The van der Waals surface area contributed by atoms with Gasteiger partial charge in [0.2, 0.25) is 0 Å². The quantitative estimate of drug-likeness (QED) is 0.919. The number of hydrogen-bond acceptors (Lipinski definition) is 4. The Balaban J connectivity index is 2.46. The van der Waals surface area contributed by atoms with E-state index in [4.69, 9.17) is 0 Å². The Morgan fingerprint density at radius 1 is 1.30 bits per heavy atom. The average Bonchev–Trinajstić information content (AvgIpc) is 2.42. The number of nitrogens with zero attached hydrogens (tertiary/aromatic N) is 1. The maximum atomic E-state index is 11.8. The van der Waals surface area contributed by atoms with E-state index < -0.39 is 15.1 Å². The SMILES string of the molecule is CCNC(c1cnc2ccccc2c1)C(C)S(C)(=O)=O. The van der Waals surface area contributed by atoms with E-state index in [9.17, 15) is 8.42 Å². The van der Waals surface area contributed by atoms with Gasteiger partial charge < -0.3 is 5.32 Å². The molecular weight excluding hydrogens is 272 g/mol. The van der Waals surface area contributed by atoms with Crippen LogP contribution in [0.25, 0.3) is 10.9 Å². The Morgan fingerprint density at radius 2 is 2.00 bits per heavy atom. The Bertz CT molecular complexity index is 698. The van der Waals surface area contributed by atoms with E-state index in [-0.39, 0.29) is 6.04 Å². The van der Waals surface area contributed by atoms with Crippen LogP contribution < -0.4 is 5.32 Å². The van der Waals surface area contributed by atoms with Crippen LogP contribution in [-0.4, -0.2) is 31.5 Å². The molecule has 4 nitrogen and oxygen atoms in total. The summed E-state index contributed by atoms with van der Waals surface area (Å²) in [7, 11) is -3.12. The minimum absolute atomic E-state index is 0.243. The van der Waals surface area contributed by atoms with Gasteiger partial charge in [-0.15, -0.1) is 0 Å². The first-order chi connectivity index (χ1) is 9.43. The number of para-hydroxylation sites is 1. The Hall–Kier alpha value is -1.46. The molecule has 1 aromatic heterocycles. The minimum Gasteiger partial charge on any atom is -0.309 e. The van der Waals surface area contributed by atoms with Crippen LogP contribution in [0.3, 0.4) is 0 Å². The van der Waals surface area contributed by atoms with Gasteiger partial charge in [0.15, 0.2) is 9.84 Å². The molecule has 5 heteroatoms. The molecule has 0 aliphatic rings. The van der Waals surface area contributed by atoms with Gasteiger partial charge in [-0.1, -0.05) is 25.1 Å². The number of pyridine rings is 1. The fraction of sp³-hybridized carbons (Fsp3) is 0.400. The largest absolute Gasteiger partial charge is 0.309 e. The molecule has 0 saturated carbocycles. The van der Waals surface area contributed by atoms with Gasteiger partial charge in [-0.3, -0.25) is 4.98 Å². The molecule has 108 valence electrons. The van der Waals surface area contributed by atoms with Gasteiger partial charge in [0, 0.05) is 17.8 Å². The van der Waals surface area contributed by atoms with Crippen molar-refractivity contribution in [1.29, 1.82) is 0 Å². The Morgan fingerprint density at radius 3 is 2.65 bits per heavy atom. The summed E-state index contributed by atoms with van der Waals surface area (Å²) in [5, 5.41) is 3.78. The molecule has 0 fully saturated rings. The number of nitrogens with one attached hydrogen (secondary N) is 1. The highest BCUT2D eigenvalue weighted by molar-refractivity contribution is 7.91. The van der Waals surface area contributed by atoms with Crippen LogP contribution in [-0.2, 0) is 9.84 Å². The molecule has 0 spiro atoms. The number of benzene rings is 1. The van der Waals surface area contributed by atoms with Gasteiger partial charge in [0.1, 0.15) is 0 Å². The molecule has 1 aromatic carbocycles. The van der Waals surface area contributed by atoms with Crippen LogP contribution >= 0.6 is 0 Å². The van der Waals surface area contributed by atoms with Crippen LogP contribution in [0.4, 0.5) is 0 Å². The second-order valence-electron chi connectivity index (χ2n) is 5.03. The number of rotatable bonds is 5. The molecule has 1 heterocycles. The molecule has 0 amide bonds. The van der Waals surface area contributed by atoms with Gasteiger partial charge in [0.05, 0.1) is 16.8 Å². The highest BCUT2D eigenvalue weighted by Crippen LogP contribution is 2.24. The van der Waals surface area contributed by atoms with Crippen molar-refractivity contribution in [2.45, 2.75) is 25.1 Å². The third kappa shape index (κ3) is 3.16. The van der Waals surface area contributed by atoms with Crippen molar-refractivity contribution in [3.05, 3.63) is 42.1 Å². The summed E-state index contributed by atoms with van der Waals surface area (Å²) in [5.74, 6) is 0. The Kier molecular flexibility index (Phi) is 4.40. The van der Waals surface area contributed by atoms with E-state index in [1.807, 2.05) is 37.3 Å². The maximum Gasteiger partial charge on any atom is 0.151 e. The highest BCUT2D eigenvalue weighted by atomic mass is 32.2. The van der Waals surface area contributed by atoms with Gasteiger partial charge in [0.25, 0.3) is 0 Å². The van der Waals surface area contributed by atoms with Crippen molar-refractivity contribution in [1.82, 2.24) is 10.3 Å². The lowest BCUT2D eigenvalue weighted by molar-refractivity contribution is 0.512. The molecule has 0 bridgehead atoms. The molecule has 1 N–H and O–H groups in total. The first-order valence-electron chi connectivity index (χ1n) is 6.70. The summed E-state index contributed by atoms with van der Waals surface area (Å²) >= 11 is 0. The third-order valence-electron chi connectivity index (χ3n) is 3.54. The predicted molar refractivity (Wildman–Crippen MR) is 82.5 cm³/mol. The molecule has 0 radical (unpaired) electrons. The lowest BCUT2D eigenvalue weighted by atomic mass is 10.0. The number of fused-ring (bicyclic) bond motifs is 1. The fourth-order valence-corrected chi connectivity index (χ4v) is 3.03. The van der Waals surface area contributed by atoms with Gasteiger partial charge in [-0.2, -0.15) is 0 Å². The maximum absolute atomic E-state index is 11.8. The molecular formula is C15H20N2O2S. The molecule has 2 atom stereocenters. The predicted octanol–water partition coefficient (Wildman–Crippen LogP) is 2.32. The highest BCUT2D eigenvalue weighted by Gasteiger charge is 2.27. The molecule has 2 unspecified atom stereocenters. The summed E-state index contributed by atoms with van der Waals surface area (Å²) in [4.78, 5) is 4.41. The van der Waals surface area contributed by atoms with Crippen LogP contribution in [0.5, 0.6) is 0 Å². The summed E-state index contributed by atoms with van der Waals surface area (Å²) < 4.78 is 23.6. The number of hydrogen-bond donors (Lipinski definition) is 1. The van der Waals surface area contributed by atoms with E-state index in [0.717, 1.165) is 16.5 Å². The zero-order valence-electron chi connectivity index (χ0n) is 12.0. The zero-order valence-corrected chi connectivity index (χ0v) is 12.8. The standard InChI is InChI=1S/C15H20N2O2S/c1-4-16-15(11(2)20(3,18)19)13-9-12-7-5-6-8-14(12)17-10-13/h5-11,15-16H,4H2,1-3H3. The lowest BCUT2D eigenvalue weighted by Gasteiger charge is -2.24. The van der Waals surface area contributed by atoms with Crippen LogP contribution in [0.2, 0.25) is 0 Å². The molecule has 2 aromatic rings. The van der Waals surface area contributed by atoms with E-state index >= 15 is 0 Å². The van der Waals surface area contributed by atoms with Gasteiger partial charge >= 0.3 is 0 Å². The zero-order chi connectivity index (χ0) is 14.8. The van der Waals surface area contributed by atoms with Crippen molar-refractivity contribution in [2.75, 3.05) is 12.8 Å². The lowest BCUT2D eigenvalue weighted by Crippen LogP contribution is -2.35. The van der Waals surface area contributed by atoms with Crippen LogP contribution in [0.1, 0.15) is 25.5 Å². The molecule has 0 aliphatic carbocycles. The summed E-state index contributed by atoms with van der Waals surface area (Å²) in [6.45, 7) is 4.41.